The molecule has 0 aliphatic heterocycles. The number of rotatable bonds is 6. The average molecular weight is 296 g/mol. The second-order valence-corrected chi connectivity index (χ2v) is 6.52. The molecule has 1 heterocycles. The summed E-state index contributed by atoms with van der Waals surface area (Å²) in [6, 6.07) is 3.92. The largest absolute Gasteiger partial charge is 0.481 e. The van der Waals surface area contributed by atoms with E-state index in [4.69, 9.17) is 5.11 Å². The minimum Gasteiger partial charge on any atom is -0.481 e. The number of thiophene rings is 1. The van der Waals surface area contributed by atoms with E-state index in [2.05, 4.69) is 11.4 Å². The molecule has 1 unspecified atom stereocenters. The van der Waals surface area contributed by atoms with Gasteiger partial charge < -0.3 is 15.3 Å². The molecule has 1 atom stereocenters. The molecule has 1 fully saturated rings. The first-order valence-corrected chi connectivity index (χ1v) is 7.59. The van der Waals surface area contributed by atoms with Crippen LogP contribution in [0.2, 0.25) is 0 Å². The van der Waals surface area contributed by atoms with Crippen LogP contribution in [0.4, 0.5) is 4.79 Å². The van der Waals surface area contributed by atoms with E-state index in [1.54, 1.807) is 23.3 Å². The quantitative estimate of drug-likeness (QED) is 0.845. The number of aliphatic carboxylic acids is 1. The van der Waals surface area contributed by atoms with E-state index in [1.807, 2.05) is 18.4 Å². The number of carbonyl (C=O) groups is 2. The molecule has 0 spiro atoms. The number of nitrogens with one attached hydrogen (secondary N) is 1. The Bertz CT molecular complexity index is 483. The highest BCUT2D eigenvalue weighted by Gasteiger charge is 2.50. The summed E-state index contributed by atoms with van der Waals surface area (Å²) in [7, 11) is 1.74. The topological polar surface area (TPSA) is 69.6 Å². The summed E-state index contributed by atoms with van der Waals surface area (Å²) in [5.41, 5.74) is -0.715. The third-order valence-electron chi connectivity index (χ3n) is 3.94. The molecule has 0 aromatic carbocycles. The summed E-state index contributed by atoms with van der Waals surface area (Å²) in [5, 5.41) is 13.8. The predicted octanol–water partition coefficient (Wildman–Crippen LogP) is 2.19. The molecule has 0 saturated heterocycles. The van der Waals surface area contributed by atoms with Crippen molar-refractivity contribution in [1.29, 1.82) is 0 Å². The van der Waals surface area contributed by atoms with E-state index in [0.29, 0.717) is 12.8 Å². The fourth-order valence-corrected chi connectivity index (χ4v) is 2.87. The Morgan fingerprint density at radius 3 is 2.75 bits per heavy atom. The van der Waals surface area contributed by atoms with Gasteiger partial charge in [0.2, 0.25) is 0 Å². The molecule has 110 valence electrons. The molecule has 2 N–H and O–H groups in total. The number of carboxylic acids is 1. The third-order valence-corrected chi connectivity index (χ3v) is 4.84. The number of likely N-dealkylation sites (N-methyl/N-ethyl adjacent to an activating group) is 1. The smallest absolute Gasteiger partial charge is 0.317 e. The molecule has 1 aliphatic carbocycles. The maximum Gasteiger partial charge on any atom is 0.317 e. The SMILES string of the molecule is CC(Cc1cccs1)N(C)C(=O)NCC1(C(=O)O)CC1. The minimum atomic E-state index is -0.813. The van der Waals surface area contributed by atoms with Crippen molar-refractivity contribution in [1.82, 2.24) is 10.2 Å². The number of amides is 2. The van der Waals surface area contributed by atoms with Crippen LogP contribution in [-0.2, 0) is 11.2 Å². The molecule has 20 heavy (non-hydrogen) atoms. The molecule has 0 bridgehead atoms. The number of hydrogen-bond acceptors (Lipinski definition) is 3. The molecule has 1 saturated carbocycles. The van der Waals surface area contributed by atoms with E-state index in [9.17, 15) is 9.59 Å². The Morgan fingerprint density at radius 2 is 2.25 bits per heavy atom. The van der Waals surface area contributed by atoms with Gasteiger partial charge in [0.05, 0.1) is 5.41 Å². The molecular formula is C14H20N2O3S. The highest BCUT2D eigenvalue weighted by molar-refractivity contribution is 7.09. The van der Waals surface area contributed by atoms with Gasteiger partial charge in [-0.05, 0) is 31.2 Å². The number of urea groups is 1. The Morgan fingerprint density at radius 1 is 1.55 bits per heavy atom. The number of nitrogens with zero attached hydrogens (tertiary/aromatic N) is 1. The summed E-state index contributed by atoms with van der Waals surface area (Å²) >= 11 is 1.68. The van der Waals surface area contributed by atoms with Gasteiger partial charge in [0.1, 0.15) is 0 Å². The van der Waals surface area contributed by atoms with E-state index in [-0.39, 0.29) is 18.6 Å². The van der Waals surface area contributed by atoms with Crippen molar-refractivity contribution in [2.24, 2.45) is 5.41 Å². The van der Waals surface area contributed by atoms with Gasteiger partial charge in [-0.3, -0.25) is 4.79 Å². The summed E-state index contributed by atoms with van der Waals surface area (Å²) in [5.74, 6) is -0.813. The van der Waals surface area contributed by atoms with Crippen molar-refractivity contribution in [2.45, 2.75) is 32.2 Å². The number of carbonyl (C=O) groups excluding carboxylic acids is 1. The van der Waals surface area contributed by atoms with Crippen molar-refractivity contribution in [3.05, 3.63) is 22.4 Å². The maximum atomic E-state index is 12.0. The zero-order chi connectivity index (χ0) is 14.8. The van der Waals surface area contributed by atoms with Crippen LogP contribution in [0.1, 0.15) is 24.6 Å². The van der Waals surface area contributed by atoms with Crippen LogP contribution in [0.15, 0.2) is 17.5 Å². The molecule has 6 heteroatoms. The molecule has 5 nitrogen and oxygen atoms in total. The van der Waals surface area contributed by atoms with Gasteiger partial charge in [0.15, 0.2) is 0 Å². The monoisotopic (exact) mass is 296 g/mol. The highest BCUT2D eigenvalue weighted by Crippen LogP contribution is 2.45. The summed E-state index contributed by atoms with van der Waals surface area (Å²) < 4.78 is 0. The molecule has 2 amide bonds. The standard InChI is InChI=1S/C14H20N2O3S/c1-10(8-11-4-3-7-20-11)16(2)13(19)15-9-14(5-6-14)12(17)18/h3-4,7,10H,5-6,8-9H2,1-2H3,(H,15,19)(H,17,18). The van der Waals surface area contributed by atoms with Gasteiger partial charge in [-0.25, -0.2) is 4.79 Å². The number of carboxylic acid groups (broad SMARTS) is 1. The summed E-state index contributed by atoms with van der Waals surface area (Å²) in [4.78, 5) is 26.0. The zero-order valence-corrected chi connectivity index (χ0v) is 12.6. The maximum absolute atomic E-state index is 12.0. The Labute approximate surface area is 122 Å². The molecule has 1 aromatic rings. The highest BCUT2D eigenvalue weighted by atomic mass is 32.1. The Kier molecular flexibility index (Phi) is 4.32. The van der Waals surface area contributed by atoms with Gasteiger partial charge in [0, 0.05) is 30.9 Å². The molecule has 0 radical (unpaired) electrons. The van der Waals surface area contributed by atoms with Crippen LogP contribution in [0.25, 0.3) is 0 Å². The summed E-state index contributed by atoms with van der Waals surface area (Å²) in [6.07, 6.45) is 2.11. The first-order valence-electron chi connectivity index (χ1n) is 6.71. The predicted molar refractivity (Wildman–Crippen MR) is 77.9 cm³/mol. The minimum absolute atomic E-state index is 0.0774. The van der Waals surface area contributed by atoms with Crippen LogP contribution in [0.3, 0.4) is 0 Å². The Hall–Kier alpha value is -1.56. The van der Waals surface area contributed by atoms with E-state index in [0.717, 1.165) is 6.42 Å². The lowest BCUT2D eigenvalue weighted by Gasteiger charge is -2.25. The van der Waals surface area contributed by atoms with Crippen LogP contribution < -0.4 is 5.32 Å². The lowest BCUT2D eigenvalue weighted by atomic mass is 10.1. The first-order chi connectivity index (χ1) is 9.44. The second-order valence-electron chi connectivity index (χ2n) is 5.49. The fraction of sp³-hybridized carbons (Fsp3) is 0.571. The van der Waals surface area contributed by atoms with Crippen molar-refractivity contribution >= 4 is 23.3 Å². The lowest BCUT2D eigenvalue weighted by molar-refractivity contribution is -0.143. The summed E-state index contributed by atoms with van der Waals surface area (Å²) in [6.45, 7) is 2.21. The molecular weight excluding hydrogens is 276 g/mol. The second kappa shape index (κ2) is 5.83. The molecule has 2 rings (SSSR count). The molecule has 1 aliphatic rings. The lowest BCUT2D eigenvalue weighted by Crippen LogP contribution is -2.45. The average Bonchev–Trinajstić information content (AvgIpc) is 3.05. The Balaban J connectivity index is 1.81. The van der Waals surface area contributed by atoms with Crippen molar-refractivity contribution < 1.29 is 14.7 Å². The van der Waals surface area contributed by atoms with Crippen LogP contribution in [-0.4, -0.2) is 41.6 Å². The van der Waals surface area contributed by atoms with Crippen molar-refractivity contribution in [2.75, 3.05) is 13.6 Å². The number of hydrogen-bond donors (Lipinski definition) is 2. The van der Waals surface area contributed by atoms with Crippen molar-refractivity contribution in [3.8, 4) is 0 Å². The van der Waals surface area contributed by atoms with Gasteiger partial charge >= 0.3 is 12.0 Å². The first kappa shape index (κ1) is 14.8. The van der Waals surface area contributed by atoms with Crippen molar-refractivity contribution in [3.63, 3.8) is 0 Å². The normalized spacial score (nSPS) is 17.3. The van der Waals surface area contributed by atoms with Crippen LogP contribution in [0.5, 0.6) is 0 Å². The van der Waals surface area contributed by atoms with Gasteiger partial charge in [-0.15, -0.1) is 11.3 Å². The van der Waals surface area contributed by atoms with Gasteiger partial charge in [-0.1, -0.05) is 6.07 Å². The van der Waals surface area contributed by atoms with E-state index < -0.39 is 11.4 Å². The van der Waals surface area contributed by atoms with Gasteiger partial charge in [-0.2, -0.15) is 0 Å². The van der Waals surface area contributed by atoms with E-state index >= 15 is 0 Å². The zero-order valence-electron chi connectivity index (χ0n) is 11.8. The fourth-order valence-electron chi connectivity index (χ4n) is 2.04. The van der Waals surface area contributed by atoms with E-state index in [1.165, 1.54) is 4.88 Å². The molecule has 1 aromatic heterocycles. The third kappa shape index (κ3) is 3.30. The van der Waals surface area contributed by atoms with Gasteiger partial charge in [0.25, 0.3) is 0 Å². The van der Waals surface area contributed by atoms with Crippen LogP contribution in [0, 0.1) is 5.41 Å². The van der Waals surface area contributed by atoms with Crippen LogP contribution >= 0.6 is 11.3 Å².